The summed E-state index contributed by atoms with van der Waals surface area (Å²) in [6, 6.07) is 8.34. The fraction of sp³-hybridized carbons (Fsp3) is 0.435. The molecule has 4 rings (SSSR count). The first-order valence-corrected chi connectivity index (χ1v) is 11.4. The molecule has 1 saturated heterocycles. The number of rotatable bonds is 4. The molecule has 0 saturated carbocycles. The predicted octanol–water partition coefficient (Wildman–Crippen LogP) is 4.61. The average molecular weight is 441 g/mol. The zero-order valence-corrected chi connectivity index (χ0v) is 19.0. The van der Waals surface area contributed by atoms with Crippen molar-refractivity contribution in [3.8, 4) is 11.3 Å². The molecule has 2 N–H and O–H groups in total. The third-order valence-corrected chi connectivity index (χ3v) is 6.89. The minimum atomic E-state index is -0.277. The van der Waals surface area contributed by atoms with Crippen LogP contribution in [0.4, 0.5) is 4.79 Å². The number of carbonyl (C=O) groups is 1. The maximum atomic E-state index is 11.9. The molecule has 0 radical (unpaired) electrons. The summed E-state index contributed by atoms with van der Waals surface area (Å²) >= 11 is 1.51. The van der Waals surface area contributed by atoms with E-state index < -0.39 is 0 Å². The average Bonchev–Trinajstić information content (AvgIpc) is 3.27. The van der Waals surface area contributed by atoms with Gasteiger partial charge in [-0.2, -0.15) is 0 Å². The standard InChI is InChI=1S/C23H28N4O3S/c1-4-30-23(29)26-11-9-17(10-12-26)27-13-18(28)19(21(27)24)22-25-20(15(3)31-22)16-7-5-14(2)6-8-16/h5-8,17,24,28H,4,9-13H2,1-3H3. The Morgan fingerprint density at radius 3 is 2.58 bits per heavy atom. The van der Waals surface area contributed by atoms with Crippen molar-refractivity contribution in [1.82, 2.24) is 14.8 Å². The number of hydrogen-bond donors (Lipinski definition) is 2. The van der Waals surface area contributed by atoms with E-state index in [-0.39, 0.29) is 17.9 Å². The summed E-state index contributed by atoms with van der Waals surface area (Å²) in [7, 11) is 0. The molecule has 1 amide bonds. The first-order chi connectivity index (χ1) is 14.9. The summed E-state index contributed by atoms with van der Waals surface area (Å²) in [5.74, 6) is 0.512. The minimum absolute atomic E-state index is 0.107. The second-order valence-electron chi connectivity index (χ2n) is 8.01. The van der Waals surface area contributed by atoms with Gasteiger partial charge in [-0.15, -0.1) is 11.3 Å². The highest BCUT2D eigenvalue weighted by Crippen LogP contribution is 2.36. The van der Waals surface area contributed by atoms with E-state index in [0.29, 0.717) is 42.7 Å². The second kappa shape index (κ2) is 8.70. The molecule has 31 heavy (non-hydrogen) atoms. The number of piperidine rings is 1. The number of aryl methyl sites for hydroxylation is 2. The summed E-state index contributed by atoms with van der Waals surface area (Å²) in [6.45, 7) is 7.75. The quantitative estimate of drug-likeness (QED) is 0.725. The van der Waals surface area contributed by atoms with Gasteiger partial charge in [-0.3, -0.25) is 5.41 Å². The number of ether oxygens (including phenoxy) is 1. The molecule has 0 spiro atoms. The maximum absolute atomic E-state index is 11.9. The first-order valence-electron chi connectivity index (χ1n) is 10.6. The number of nitrogens with zero attached hydrogens (tertiary/aromatic N) is 3. The zero-order chi connectivity index (χ0) is 22.1. The molecule has 164 valence electrons. The Labute approximate surface area is 186 Å². The third-order valence-electron chi connectivity index (χ3n) is 5.90. The fourth-order valence-corrected chi connectivity index (χ4v) is 5.20. The van der Waals surface area contributed by atoms with Gasteiger partial charge in [-0.05, 0) is 33.6 Å². The molecule has 2 aliphatic heterocycles. The molecule has 3 heterocycles. The van der Waals surface area contributed by atoms with Gasteiger partial charge >= 0.3 is 6.09 Å². The van der Waals surface area contributed by atoms with E-state index in [9.17, 15) is 9.90 Å². The van der Waals surface area contributed by atoms with Gasteiger partial charge in [0.25, 0.3) is 0 Å². The van der Waals surface area contributed by atoms with Crippen LogP contribution in [0.15, 0.2) is 30.0 Å². The lowest BCUT2D eigenvalue weighted by atomic mass is 10.0. The van der Waals surface area contributed by atoms with Crippen LogP contribution in [0.1, 0.15) is 35.2 Å². The smallest absolute Gasteiger partial charge is 0.409 e. The number of amides is 1. The van der Waals surface area contributed by atoms with E-state index in [1.165, 1.54) is 16.9 Å². The highest BCUT2D eigenvalue weighted by Gasteiger charge is 2.37. The van der Waals surface area contributed by atoms with Crippen molar-refractivity contribution in [1.29, 1.82) is 5.41 Å². The maximum Gasteiger partial charge on any atom is 0.409 e. The van der Waals surface area contributed by atoms with E-state index in [2.05, 4.69) is 31.2 Å². The number of likely N-dealkylation sites (tertiary alicyclic amines) is 1. The largest absolute Gasteiger partial charge is 0.510 e. The van der Waals surface area contributed by atoms with Crippen LogP contribution >= 0.6 is 11.3 Å². The normalized spacial score (nSPS) is 17.6. The summed E-state index contributed by atoms with van der Waals surface area (Å²) < 4.78 is 5.09. The van der Waals surface area contributed by atoms with Gasteiger partial charge in [0, 0.05) is 29.6 Å². The van der Waals surface area contributed by atoms with Gasteiger partial charge in [0.05, 0.1) is 24.4 Å². The van der Waals surface area contributed by atoms with E-state index in [4.69, 9.17) is 15.1 Å². The Morgan fingerprint density at radius 2 is 1.94 bits per heavy atom. The number of nitrogens with one attached hydrogen (secondary N) is 1. The third kappa shape index (κ3) is 4.17. The van der Waals surface area contributed by atoms with Gasteiger partial charge in [-0.1, -0.05) is 29.8 Å². The molecule has 0 unspecified atom stereocenters. The molecular weight excluding hydrogens is 412 g/mol. The summed E-state index contributed by atoms with van der Waals surface area (Å²) in [6.07, 6.45) is 1.21. The Balaban J connectivity index is 1.48. The van der Waals surface area contributed by atoms with Crippen molar-refractivity contribution >= 4 is 28.8 Å². The lowest BCUT2D eigenvalue weighted by Gasteiger charge is -2.37. The Hall–Kier alpha value is -2.87. The topological polar surface area (TPSA) is 89.8 Å². The number of aliphatic hydroxyl groups is 1. The Kier molecular flexibility index (Phi) is 6.00. The van der Waals surface area contributed by atoms with E-state index >= 15 is 0 Å². The lowest BCUT2D eigenvalue weighted by Crippen LogP contribution is -2.47. The van der Waals surface area contributed by atoms with Gasteiger partial charge in [-0.25, -0.2) is 9.78 Å². The molecule has 2 aliphatic rings. The molecule has 1 fully saturated rings. The van der Waals surface area contributed by atoms with Gasteiger partial charge in [0.1, 0.15) is 16.6 Å². The number of thiazole rings is 1. The second-order valence-corrected chi connectivity index (χ2v) is 9.21. The predicted molar refractivity (Wildman–Crippen MR) is 123 cm³/mol. The monoisotopic (exact) mass is 440 g/mol. The molecule has 1 aromatic heterocycles. The zero-order valence-electron chi connectivity index (χ0n) is 18.1. The van der Waals surface area contributed by atoms with Gasteiger partial charge in [0.2, 0.25) is 0 Å². The van der Waals surface area contributed by atoms with Gasteiger partial charge < -0.3 is 19.6 Å². The number of carbonyl (C=O) groups excluding carboxylic acids is 1. The van der Waals surface area contributed by atoms with E-state index in [1.54, 1.807) is 11.8 Å². The molecule has 0 atom stereocenters. The van der Waals surface area contributed by atoms with Crippen LogP contribution in [-0.4, -0.2) is 64.1 Å². The molecule has 7 nitrogen and oxygen atoms in total. The molecule has 2 aromatic rings. The van der Waals surface area contributed by atoms with Crippen LogP contribution in [0.5, 0.6) is 0 Å². The summed E-state index contributed by atoms with van der Waals surface area (Å²) in [5.41, 5.74) is 3.66. The van der Waals surface area contributed by atoms with Crippen molar-refractivity contribution in [3.05, 3.63) is 45.5 Å². The van der Waals surface area contributed by atoms with Crippen molar-refractivity contribution < 1.29 is 14.6 Å². The van der Waals surface area contributed by atoms with Crippen LogP contribution in [-0.2, 0) is 4.74 Å². The highest BCUT2D eigenvalue weighted by atomic mass is 32.1. The van der Waals surface area contributed by atoms with Crippen LogP contribution in [0.2, 0.25) is 0 Å². The number of aromatic nitrogens is 1. The number of aliphatic hydroxyl groups excluding tert-OH is 1. The summed E-state index contributed by atoms with van der Waals surface area (Å²) in [4.78, 5) is 21.5. The molecule has 1 aromatic carbocycles. The van der Waals surface area contributed by atoms with Crippen LogP contribution < -0.4 is 0 Å². The van der Waals surface area contributed by atoms with Crippen LogP contribution in [0, 0.1) is 19.3 Å². The lowest BCUT2D eigenvalue weighted by molar-refractivity contribution is 0.0876. The van der Waals surface area contributed by atoms with Crippen molar-refractivity contribution in [3.63, 3.8) is 0 Å². The van der Waals surface area contributed by atoms with Crippen molar-refractivity contribution in [2.24, 2.45) is 0 Å². The molecule has 0 aliphatic carbocycles. The van der Waals surface area contributed by atoms with Crippen LogP contribution in [0.25, 0.3) is 16.8 Å². The Morgan fingerprint density at radius 1 is 1.26 bits per heavy atom. The number of hydrogen-bond acceptors (Lipinski definition) is 6. The van der Waals surface area contributed by atoms with E-state index in [1.807, 2.05) is 11.8 Å². The highest BCUT2D eigenvalue weighted by molar-refractivity contribution is 7.13. The van der Waals surface area contributed by atoms with Gasteiger partial charge in [0.15, 0.2) is 0 Å². The molecule has 8 heteroatoms. The first kappa shape index (κ1) is 21.4. The van der Waals surface area contributed by atoms with Crippen molar-refractivity contribution in [2.75, 3.05) is 26.2 Å². The SMILES string of the molecule is CCOC(=O)N1CCC(N2CC(O)=C(c3nc(-c4ccc(C)cc4)c(C)s3)C2=N)CC1. The Bertz CT molecular complexity index is 1020. The van der Waals surface area contributed by atoms with Crippen molar-refractivity contribution in [2.45, 2.75) is 39.7 Å². The molecule has 0 bridgehead atoms. The van der Waals surface area contributed by atoms with Crippen LogP contribution in [0.3, 0.4) is 0 Å². The summed E-state index contributed by atoms with van der Waals surface area (Å²) in [5, 5.41) is 20.1. The fourth-order valence-electron chi connectivity index (χ4n) is 4.19. The minimum Gasteiger partial charge on any atom is -0.510 e. The molecular formula is C23H28N4O3S. The number of amidine groups is 1. The van der Waals surface area contributed by atoms with E-state index in [0.717, 1.165) is 29.0 Å². The number of benzene rings is 1.